The lowest BCUT2D eigenvalue weighted by Gasteiger charge is -2.24. The van der Waals surface area contributed by atoms with E-state index in [4.69, 9.17) is 0 Å². The molecule has 2 atom stereocenters. The topological polar surface area (TPSA) is 20.2 Å². The molecule has 0 radical (unpaired) electrons. The fraction of sp³-hybridized carbons (Fsp3) is 0.571. The lowest BCUT2D eigenvalue weighted by Crippen LogP contribution is -2.24. The highest BCUT2D eigenvalue weighted by molar-refractivity contribution is 5.28. The molecular weight excluding hydrogens is 222 g/mol. The molecule has 0 heterocycles. The third-order valence-corrected chi connectivity index (χ3v) is 3.27. The summed E-state index contributed by atoms with van der Waals surface area (Å²) in [6.07, 6.45) is -2.00. The minimum atomic E-state index is -2.50. The van der Waals surface area contributed by atoms with E-state index < -0.39 is 18.4 Å². The molecule has 0 aliphatic carbocycles. The summed E-state index contributed by atoms with van der Waals surface area (Å²) in [5, 5.41) is 9.96. The Morgan fingerprint density at radius 3 is 2.18 bits per heavy atom. The van der Waals surface area contributed by atoms with Gasteiger partial charge in [0.05, 0.1) is 5.60 Å². The zero-order valence-corrected chi connectivity index (χ0v) is 10.6. The van der Waals surface area contributed by atoms with Gasteiger partial charge in [-0.2, -0.15) is 0 Å². The van der Waals surface area contributed by atoms with Crippen molar-refractivity contribution in [3.8, 4) is 0 Å². The second-order valence-corrected chi connectivity index (χ2v) is 4.80. The lowest BCUT2D eigenvalue weighted by atomic mass is 9.90. The van der Waals surface area contributed by atoms with Crippen molar-refractivity contribution in [3.05, 3.63) is 35.4 Å². The molecule has 1 nitrogen and oxygen atoms in total. The fourth-order valence-electron chi connectivity index (χ4n) is 1.82. The van der Waals surface area contributed by atoms with Gasteiger partial charge >= 0.3 is 0 Å². The Labute approximate surface area is 101 Å². The van der Waals surface area contributed by atoms with Gasteiger partial charge in [-0.25, -0.2) is 8.78 Å². The predicted molar refractivity (Wildman–Crippen MR) is 65.3 cm³/mol. The number of halogens is 2. The molecule has 1 aromatic carbocycles. The zero-order valence-electron chi connectivity index (χ0n) is 10.6. The van der Waals surface area contributed by atoms with Gasteiger partial charge in [0.25, 0.3) is 0 Å². The fourth-order valence-corrected chi connectivity index (χ4v) is 1.82. The maximum Gasteiger partial charge on any atom is 0.241 e. The SMILES string of the molecule is CCC(C)c1ccc(C(C)(O)CC(F)F)cc1. The van der Waals surface area contributed by atoms with Crippen molar-refractivity contribution in [1.29, 1.82) is 0 Å². The van der Waals surface area contributed by atoms with E-state index in [9.17, 15) is 13.9 Å². The van der Waals surface area contributed by atoms with Crippen molar-refractivity contribution in [2.75, 3.05) is 0 Å². The minimum Gasteiger partial charge on any atom is -0.385 e. The molecular formula is C14H20F2O. The Kier molecular flexibility index (Phi) is 4.63. The van der Waals surface area contributed by atoms with E-state index in [1.165, 1.54) is 12.5 Å². The van der Waals surface area contributed by atoms with Crippen LogP contribution in [0.5, 0.6) is 0 Å². The molecule has 96 valence electrons. The Morgan fingerprint density at radius 2 is 1.76 bits per heavy atom. The quantitative estimate of drug-likeness (QED) is 0.825. The Morgan fingerprint density at radius 1 is 1.24 bits per heavy atom. The Hall–Kier alpha value is -0.960. The van der Waals surface area contributed by atoms with Gasteiger partial charge in [-0.3, -0.25) is 0 Å². The first-order valence-corrected chi connectivity index (χ1v) is 5.97. The largest absolute Gasteiger partial charge is 0.385 e. The molecule has 0 bridgehead atoms. The monoisotopic (exact) mass is 242 g/mol. The van der Waals surface area contributed by atoms with Gasteiger partial charge in [-0.15, -0.1) is 0 Å². The second-order valence-electron chi connectivity index (χ2n) is 4.80. The normalized spacial score (nSPS) is 16.9. The molecule has 0 saturated carbocycles. The number of benzene rings is 1. The number of aliphatic hydroxyl groups is 1. The maximum atomic E-state index is 12.3. The van der Waals surface area contributed by atoms with Crippen molar-refractivity contribution in [2.24, 2.45) is 0 Å². The second kappa shape index (κ2) is 5.58. The average Bonchev–Trinajstić information content (AvgIpc) is 2.26. The molecule has 0 spiro atoms. The molecule has 17 heavy (non-hydrogen) atoms. The third-order valence-electron chi connectivity index (χ3n) is 3.27. The summed E-state index contributed by atoms with van der Waals surface area (Å²) >= 11 is 0. The average molecular weight is 242 g/mol. The maximum absolute atomic E-state index is 12.3. The van der Waals surface area contributed by atoms with Crippen molar-refractivity contribution in [2.45, 2.75) is 51.6 Å². The smallest absolute Gasteiger partial charge is 0.241 e. The van der Waals surface area contributed by atoms with E-state index in [1.807, 2.05) is 12.1 Å². The first-order valence-electron chi connectivity index (χ1n) is 5.97. The lowest BCUT2D eigenvalue weighted by molar-refractivity contribution is -0.0124. The van der Waals surface area contributed by atoms with E-state index in [2.05, 4.69) is 13.8 Å². The van der Waals surface area contributed by atoms with E-state index in [1.54, 1.807) is 12.1 Å². The van der Waals surface area contributed by atoms with Crippen molar-refractivity contribution >= 4 is 0 Å². The van der Waals surface area contributed by atoms with Crippen LogP contribution in [0.1, 0.15) is 50.7 Å². The Bertz CT molecular complexity index is 344. The molecule has 0 aliphatic rings. The van der Waals surface area contributed by atoms with Gasteiger partial charge < -0.3 is 5.11 Å². The van der Waals surface area contributed by atoms with Gasteiger partial charge in [0.15, 0.2) is 0 Å². The van der Waals surface area contributed by atoms with Crippen LogP contribution in [0.4, 0.5) is 8.78 Å². The summed E-state index contributed by atoms with van der Waals surface area (Å²) < 4.78 is 24.6. The molecule has 1 aromatic rings. The standard InChI is InChI=1S/C14H20F2O/c1-4-10(2)11-5-7-12(8-6-11)14(3,17)9-13(15)16/h5-8,10,13,17H,4,9H2,1-3H3. The Balaban J connectivity index is 2.86. The van der Waals surface area contributed by atoms with E-state index >= 15 is 0 Å². The number of hydrogen-bond donors (Lipinski definition) is 1. The molecule has 0 aromatic heterocycles. The predicted octanol–water partition coefficient (Wildman–Crippen LogP) is 4.06. The van der Waals surface area contributed by atoms with Crippen LogP contribution < -0.4 is 0 Å². The van der Waals surface area contributed by atoms with Gasteiger partial charge in [0.2, 0.25) is 6.43 Å². The summed E-state index contributed by atoms with van der Waals surface area (Å²) in [6.45, 7) is 5.65. The van der Waals surface area contributed by atoms with Crippen molar-refractivity contribution < 1.29 is 13.9 Å². The molecule has 0 aliphatic heterocycles. The van der Waals surface area contributed by atoms with Gasteiger partial charge in [0.1, 0.15) is 0 Å². The number of rotatable bonds is 5. The summed E-state index contributed by atoms with van der Waals surface area (Å²) in [7, 11) is 0. The molecule has 0 fully saturated rings. The molecule has 3 heteroatoms. The first kappa shape index (κ1) is 14.1. The van der Waals surface area contributed by atoms with Crippen molar-refractivity contribution in [3.63, 3.8) is 0 Å². The van der Waals surface area contributed by atoms with Gasteiger partial charge in [0, 0.05) is 6.42 Å². The van der Waals surface area contributed by atoms with Crippen LogP contribution in [0.25, 0.3) is 0 Å². The molecule has 0 amide bonds. The zero-order chi connectivity index (χ0) is 13.1. The van der Waals surface area contributed by atoms with Gasteiger partial charge in [-0.1, -0.05) is 38.1 Å². The number of alkyl halides is 2. The third kappa shape index (κ3) is 3.77. The van der Waals surface area contributed by atoms with Crippen molar-refractivity contribution in [1.82, 2.24) is 0 Å². The summed E-state index contributed by atoms with van der Waals surface area (Å²) in [5.41, 5.74) is 0.260. The van der Waals surface area contributed by atoms with E-state index in [0.29, 0.717) is 11.5 Å². The summed E-state index contributed by atoms with van der Waals surface area (Å²) in [5.74, 6) is 0.448. The summed E-state index contributed by atoms with van der Waals surface area (Å²) in [6, 6.07) is 7.29. The van der Waals surface area contributed by atoms with Crippen LogP contribution in [-0.2, 0) is 5.60 Å². The van der Waals surface area contributed by atoms with Crippen LogP contribution >= 0.6 is 0 Å². The molecule has 2 unspecified atom stereocenters. The van der Waals surface area contributed by atoms with Crippen LogP contribution in [0.15, 0.2) is 24.3 Å². The van der Waals surface area contributed by atoms with E-state index in [-0.39, 0.29) is 0 Å². The minimum absolute atomic E-state index is 0.448. The highest BCUT2D eigenvalue weighted by atomic mass is 19.3. The number of hydrogen-bond acceptors (Lipinski definition) is 1. The highest BCUT2D eigenvalue weighted by Gasteiger charge is 2.27. The highest BCUT2D eigenvalue weighted by Crippen LogP contribution is 2.29. The molecule has 1 rings (SSSR count). The van der Waals surface area contributed by atoms with Crippen LogP contribution in [0.2, 0.25) is 0 Å². The summed E-state index contributed by atoms with van der Waals surface area (Å²) in [4.78, 5) is 0. The molecule has 0 saturated heterocycles. The van der Waals surface area contributed by atoms with Crippen LogP contribution in [0.3, 0.4) is 0 Å². The van der Waals surface area contributed by atoms with E-state index in [0.717, 1.165) is 6.42 Å². The molecule has 1 N–H and O–H groups in total. The van der Waals surface area contributed by atoms with Crippen LogP contribution in [0, 0.1) is 0 Å². The van der Waals surface area contributed by atoms with Gasteiger partial charge in [-0.05, 0) is 30.4 Å². The van der Waals surface area contributed by atoms with Crippen LogP contribution in [-0.4, -0.2) is 11.5 Å². The first-order chi connectivity index (χ1) is 7.86.